The molecule has 0 aromatic heterocycles. The molecule has 0 saturated carbocycles. The summed E-state index contributed by atoms with van der Waals surface area (Å²) in [4.78, 5) is 33.8. The van der Waals surface area contributed by atoms with Crippen LogP contribution in [0.1, 0.15) is 0 Å². The van der Waals surface area contributed by atoms with Gasteiger partial charge in [0, 0.05) is 5.88 Å². The molecule has 5 N–H and O–H groups in total. The van der Waals surface area contributed by atoms with E-state index in [4.69, 9.17) is 45.6 Å². The lowest BCUT2D eigenvalue weighted by Crippen LogP contribution is -2.55. The van der Waals surface area contributed by atoms with Crippen LogP contribution in [0.3, 0.4) is 0 Å². The van der Waals surface area contributed by atoms with Crippen LogP contribution in [0, 0.1) is 0 Å². The molecule has 0 aliphatic heterocycles. The molecule has 7 nitrogen and oxygen atoms in total. The van der Waals surface area contributed by atoms with E-state index in [9.17, 15) is 14.4 Å². The van der Waals surface area contributed by atoms with E-state index in [1.807, 2.05) is 0 Å². The van der Waals surface area contributed by atoms with Gasteiger partial charge in [0.05, 0.1) is 17.8 Å². The van der Waals surface area contributed by atoms with Crippen LogP contribution in [0.15, 0.2) is 0 Å². The zero-order chi connectivity index (χ0) is 15.0. The lowest BCUT2D eigenvalue weighted by molar-refractivity contribution is -0.141. The Balaban J connectivity index is 4.56. The first-order valence-electron chi connectivity index (χ1n) is 5.14. The summed E-state index contributed by atoms with van der Waals surface area (Å²) in [5, 5.41) is 13.1. The first-order chi connectivity index (χ1) is 8.87. The number of carbonyl (C=O) groups is 3. The van der Waals surface area contributed by atoms with Crippen molar-refractivity contribution >= 4 is 52.6 Å². The van der Waals surface area contributed by atoms with Gasteiger partial charge in [0.25, 0.3) is 0 Å². The minimum atomic E-state index is -1.29. The number of aliphatic carboxylic acids is 1. The molecule has 0 heterocycles. The van der Waals surface area contributed by atoms with Crippen molar-refractivity contribution in [2.75, 3.05) is 17.6 Å². The molecule has 0 fully saturated rings. The van der Waals surface area contributed by atoms with Crippen LogP contribution in [-0.4, -0.2) is 58.7 Å². The molecule has 3 atom stereocenters. The van der Waals surface area contributed by atoms with Gasteiger partial charge in [-0.15, -0.1) is 34.8 Å². The number of amides is 2. The summed E-state index contributed by atoms with van der Waals surface area (Å²) >= 11 is 16.3. The average Bonchev–Trinajstić information content (AvgIpc) is 2.39. The number of carbonyl (C=O) groups excluding carboxylic acids is 2. The largest absolute Gasteiger partial charge is 0.480 e. The molecular weight excluding hydrogens is 320 g/mol. The van der Waals surface area contributed by atoms with Gasteiger partial charge in [-0.25, -0.2) is 4.79 Å². The number of nitrogens with one attached hydrogen (secondary N) is 2. The first-order valence-corrected chi connectivity index (χ1v) is 6.74. The molecule has 0 aliphatic carbocycles. The summed E-state index contributed by atoms with van der Waals surface area (Å²) in [5.41, 5.74) is 5.36. The Bertz CT molecular complexity index is 343. The molecule has 0 radical (unpaired) electrons. The molecule has 0 bridgehead atoms. The smallest absolute Gasteiger partial charge is 0.327 e. The van der Waals surface area contributed by atoms with E-state index in [1.54, 1.807) is 0 Å². The van der Waals surface area contributed by atoms with E-state index < -0.39 is 35.9 Å². The van der Waals surface area contributed by atoms with Gasteiger partial charge >= 0.3 is 5.97 Å². The van der Waals surface area contributed by atoms with Gasteiger partial charge < -0.3 is 21.5 Å². The van der Waals surface area contributed by atoms with Crippen molar-refractivity contribution < 1.29 is 19.5 Å². The van der Waals surface area contributed by atoms with E-state index in [0.717, 1.165) is 0 Å². The molecule has 0 aliphatic rings. The third-order valence-corrected chi connectivity index (χ3v) is 3.01. The van der Waals surface area contributed by atoms with Crippen molar-refractivity contribution in [3.8, 4) is 0 Å². The molecule has 10 heteroatoms. The maximum Gasteiger partial charge on any atom is 0.327 e. The Morgan fingerprint density at radius 2 is 1.42 bits per heavy atom. The number of halogens is 3. The standard InChI is InChI=1S/C9H14Cl3N3O4/c10-1-4(13)7(16)14-5(2-11)8(17)15-6(3-12)9(18)19/h4-6H,1-3,13H2,(H,14,16)(H,15,17)(H,18,19)/t4-,5-,6-/m0/s1. The van der Waals surface area contributed by atoms with E-state index in [1.165, 1.54) is 0 Å². The average molecular weight is 335 g/mol. The van der Waals surface area contributed by atoms with Crippen LogP contribution < -0.4 is 16.4 Å². The van der Waals surface area contributed by atoms with Crippen LogP contribution in [0.4, 0.5) is 0 Å². The zero-order valence-corrected chi connectivity index (χ0v) is 12.0. The molecule has 0 unspecified atom stereocenters. The van der Waals surface area contributed by atoms with Gasteiger partial charge in [0.15, 0.2) is 0 Å². The zero-order valence-electron chi connectivity index (χ0n) is 9.74. The SMILES string of the molecule is N[C@@H](CCl)C(=O)N[C@@H](CCl)C(=O)N[C@@H](CCl)C(=O)O. The molecule has 0 saturated heterocycles. The summed E-state index contributed by atoms with van der Waals surface area (Å²) in [5.74, 6) is -3.40. The third-order valence-electron chi connectivity index (χ3n) is 2.06. The normalized spacial score (nSPS) is 15.2. The van der Waals surface area contributed by atoms with Gasteiger partial charge in [-0.2, -0.15) is 0 Å². The predicted octanol–water partition coefficient (Wildman–Crippen LogP) is -0.916. The summed E-state index contributed by atoms with van der Waals surface area (Å²) in [7, 11) is 0. The van der Waals surface area contributed by atoms with Crippen LogP contribution in [0.5, 0.6) is 0 Å². The topological polar surface area (TPSA) is 122 Å². The van der Waals surface area contributed by atoms with Crippen molar-refractivity contribution in [1.82, 2.24) is 10.6 Å². The van der Waals surface area contributed by atoms with E-state index in [-0.39, 0.29) is 17.6 Å². The number of rotatable bonds is 8. The molecule has 0 aromatic rings. The van der Waals surface area contributed by atoms with E-state index in [2.05, 4.69) is 10.6 Å². The second kappa shape index (κ2) is 9.19. The Morgan fingerprint density at radius 1 is 0.947 bits per heavy atom. The first kappa shape index (κ1) is 18.2. The summed E-state index contributed by atoms with van der Waals surface area (Å²) < 4.78 is 0. The van der Waals surface area contributed by atoms with Crippen molar-refractivity contribution in [2.24, 2.45) is 5.73 Å². The fourth-order valence-corrected chi connectivity index (χ4v) is 1.53. The number of alkyl halides is 3. The quantitative estimate of drug-likeness (QED) is 0.428. The van der Waals surface area contributed by atoms with E-state index in [0.29, 0.717) is 0 Å². The van der Waals surface area contributed by atoms with Crippen LogP contribution >= 0.6 is 34.8 Å². The molecule has 110 valence electrons. The maximum atomic E-state index is 11.7. The highest BCUT2D eigenvalue weighted by Crippen LogP contribution is 1.95. The fourth-order valence-electron chi connectivity index (χ4n) is 0.962. The molecule has 19 heavy (non-hydrogen) atoms. The minimum Gasteiger partial charge on any atom is -0.480 e. The molecule has 2 amide bonds. The predicted molar refractivity (Wildman–Crippen MR) is 71.6 cm³/mol. The van der Waals surface area contributed by atoms with Gasteiger partial charge in [-0.3, -0.25) is 9.59 Å². The highest BCUT2D eigenvalue weighted by Gasteiger charge is 2.26. The van der Waals surface area contributed by atoms with Crippen molar-refractivity contribution in [1.29, 1.82) is 0 Å². The number of nitrogens with two attached hydrogens (primary N) is 1. The fraction of sp³-hybridized carbons (Fsp3) is 0.667. The van der Waals surface area contributed by atoms with E-state index >= 15 is 0 Å². The summed E-state index contributed by atoms with van der Waals surface area (Å²) in [6.07, 6.45) is 0. The Hall–Kier alpha value is -0.760. The Labute approximate surface area is 124 Å². The second-order valence-corrected chi connectivity index (χ2v) is 4.46. The summed E-state index contributed by atoms with van der Waals surface area (Å²) in [6.45, 7) is 0. The molecular formula is C9H14Cl3N3O4. The number of carboxylic acids is 1. The van der Waals surface area contributed by atoms with Gasteiger partial charge in [0.1, 0.15) is 12.1 Å². The number of hydrogen-bond donors (Lipinski definition) is 4. The monoisotopic (exact) mass is 333 g/mol. The highest BCUT2D eigenvalue weighted by molar-refractivity contribution is 6.21. The van der Waals surface area contributed by atoms with Crippen LogP contribution in [0.25, 0.3) is 0 Å². The number of hydrogen-bond acceptors (Lipinski definition) is 4. The van der Waals surface area contributed by atoms with Crippen LogP contribution in [-0.2, 0) is 14.4 Å². The van der Waals surface area contributed by atoms with Crippen molar-refractivity contribution in [3.05, 3.63) is 0 Å². The highest BCUT2D eigenvalue weighted by atomic mass is 35.5. The molecule has 0 spiro atoms. The van der Waals surface area contributed by atoms with Gasteiger partial charge in [0.2, 0.25) is 11.8 Å². The van der Waals surface area contributed by atoms with Gasteiger partial charge in [-0.1, -0.05) is 0 Å². The van der Waals surface area contributed by atoms with Crippen molar-refractivity contribution in [2.45, 2.75) is 18.1 Å². The summed E-state index contributed by atoms with van der Waals surface area (Å²) in [6, 6.07) is -3.37. The minimum absolute atomic E-state index is 0.123. The molecule has 0 aromatic carbocycles. The third kappa shape index (κ3) is 6.29. The Kier molecular flexibility index (Phi) is 8.82. The Morgan fingerprint density at radius 3 is 1.79 bits per heavy atom. The maximum absolute atomic E-state index is 11.7. The van der Waals surface area contributed by atoms with Gasteiger partial charge in [-0.05, 0) is 0 Å². The van der Waals surface area contributed by atoms with Crippen molar-refractivity contribution in [3.63, 3.8) is 0 Å². The lowest BCUT2D eigenvalue weighted by Gasteiger charge is -2.19. The van der Waals surface area contributed by atoms with Crippen LogP contribution in [0.2, 0.25) is 0 Å². The number of carboxylic acid groups (broad SMARTS) is 1. The second-order valence-electron chi connectivity index (χ2n) is 3.53. The molecule has 0 rings (SSSR count). The lowest BCUT2D eigenvalue weighted by atomic mass is 10.2.